The Bertz CT molecular complexity index is 617. The molecule has 1 aromatic rings. The van der Waals surface area contributed by atoms with Crippen LogP contribution in [-0.4, -0.2) is 13.0 Å². The van der Waals surface area contributed by atoms with Gasteiger partial charge in [0.15, 0.2) is 0 Å². The van der Waals surface area contributed by atoms with Gasteiger partial charge in [0.1, 0.15) is 10.1 Å². The zero-order chi connectivity index (χ0) is 21.2. The van der Waals surface area contributed by atoms with Gasteiger partial charge in [-0.25, -0.2) is 8.42 Å². The van der Waals surface area contributed by atoms with Gasteiger partial charge >= 0.3 is 29.6 Å². The van der Waals surface area contributed by atoms with Gasteiger partial charge in [-0.15, -0.1) is 0 Å². The van der Waals surface area contributed by atoms with Gasteiger partial charge in [0.05, 0.1) is 4.90 Å². The van der Waals surface area contributed by atoms with Crippen LogP contribution in [-0.2, 0) is 16.5 Å². The summed E-state index contributed by atoms with van der Waals surface area (Å²) in [4.78, 5) is -0.0449. The van der Waals surface area contributed by atoms with Crippen molar-refractivity contribution in [3.8, 4) is 0 Å². The minimum Gasteiger partial charge on any atom is -0.744 e. The molecule has 1 aromatic carbocycles. The zero-order valence-corrected chi connectivity index (χ0v) is 22.5. The van der Waals surface area contributed by atoms with Gasteiger partial charge in [0, 0.05) is 0 Å². The van der Waals surface area contributed by atoms with Crippen LogP contribution in [0.3, 0.4) is 0 Å². The van der Waals surface area contributed by atoms with E-state index >= 15 is 0 Å². The molecule has 0 aliphatic carbocycles. The minimum absolute atomic E-state index is 0. The summed E-state index contributed by atoms with van der Waals surface area (Å²) in [5.41, 5.74) is 0.670. The molecule has 3 nitrogen and oxygen atoms in total. The van der Waals surface area contributed by atoms with E-state index in [1.54, 1.807) is 18.2 Å². The standard InChI is InChI=1S/C25H44O3S.Na/c1-2-3-4-5-6-7-8-9-10-11-12-13-14-15-16-17-18-21-24-22-19-20-23-25(24)29(26,27)28;/h19-20,22-23H,2-18,21H2,1H3,(H,26,27,28);/q;+1/p-1. The van der Waals surface area contributed by atoms with E-state index in [0.29, 0.717) is 12.0 Å². The van der Waals surface area contributed by atoms with Gasteiger partial charge in [-0.05, 0) is 24.5 Å². The molecular formula is C25H43NaO3S. The molecule has 0 bridgehead atoms. The summed E-state index contributed by atoms with van der Waals surface area (Å²) < 4.78 is 33.8. The van der Waals surface area contributed by atoms with Crippen molar-refractivity contribution >= 4 is 10.1 Å². The first kappa shape index (κ1) is 30.1. The fourth-order valence-corrected chi connectivity index (χ4v) is 4.73. The third kappa shape index (κ3) is 15.9. The van der Waals surface area contributed by atoms with E-state index < -0.39 is 10.1 Å². The van der Waals surface area contributed by atoms with Crippen molar-refractivity contribution < 1.29 is 42.5 Å². The monoisotopic (exact) mass is 446 g/mol. The predicted molar refractivity (Wildman–Crippen MR) is 122 cm³/mol. The van der Waals surface area contributed by atoms with Crippen LogP contribution >= 0.6 is 0 Å². The summed E-state index contributed by atoms with van der Waals surface area (Å²) in [7, 11) is -4.36. The van der Waals surface area contributed by atoms with Crippen molar-refractivity contribution in [2.45, 2.75) is 127 Å². The Morgan fingerprint density at radius 2 is 1.00 bits per heavy atom. The Labute approximate surface area is 208 Å². The molecule has 0 spiro atoms. The van der Waals surface area contributed by atoms with Crippen molar-refractivity contribution in [2.75, 3.05) is 0 Å². The van der Waals surface area contributed by atoms with Crippen LogP contribution in [0.5, 0.6) is 0 Å². The number of aryl methyl sites for hydroxylation is 1. The van der Waals surface area contributed by atoms with Crippen molar-refractivity contribution in [1.29, 1.82) is 0 Å². The number of unbranched alkanes of at least 4 members (excludes halogenated alkanes) is 16. The fourth-order valence-electron chi connectivity index (χ4n) is 3.99. The van der Waals surface area contributed by atoms with Gasteiger partial charge in [0.2, 0.25) is 0 Å². The molecule has 0 fully saturated rings. The average molecular weight is 447 g/mol. The largest absolute Gasteiger partial charge is 1.00 e. The summed E-state index contributed by atoms with van der Waals surface area (Å²) in [5.74, 6) is 0. The number of benzene rings is 1. The molecule has 0 saturated carbocycles. The zero-order valence-electron chi connectivity index (χ0n) is 19.7. The molecule has 0 heterocycles. The first-order valence-corrected chi connectivity index (χ1v) is 13.5. The van der Waals surface area contributed by atoms with E-state index in [-0.39, 0.29) is 34.5 Å². The molecule has 0 amide bonds. The molecule has 0 aliphatic heterocycles. The number of rotatable bonds is 19. The van der Waals surface area contributed by atoms with Crippen molar-refractivity contribution in [3.05, 3.63) is 29.8 Å². The summed E-state index contributed by atoms with van der Waals surface area (Å²) in [5, 5.41) is 0. The van der Waals surface area contributed by atoms with Gasteiger partial charge in [0.25, 0.3) is 0 Å². The van der Waals surface area contributed by atoms with Crippen molar-refractivity contribution in [2.24, 2.45) is 0 Å². The minimum atomic E-state index is -4.36. The quantitative estimate of drug-likeness (QED) is 0.174. The van der Waals surface area contributed by atoms with Crippen molar-refractivity contribution in [3.63, 3.8) is 0 Å². The van der Waals surface area contributed by atoms with Crippen LogP contribution in [0.2, 0.25) is 0 Å². The summed E-state index contributed by atoms with van der Waals surface area (Å²) in [6.07, 6.45) is 23.3. The normalized spacial score (nSPS) is 11.4. The van der Waals surface area contributed by atoms with Crippen LogP contribution in [0.25, 0.3) is 0 Å². The molecule has 30 heavy (non-hydrogen) atoms. The fraction of sp³-hybridized carbons (Fsp3) is 0.760. The maximum Gasteiger partial charge on any atom is 1.00 e. The van der Waals surface area contributed by atoms with E-state index in [1.807, 2.05) is 0 Å². The van der Waals surface area contributed by atoms with Crippen LogP contribution < -0.4 is 29.6 Å². The maximum absolute atomic E-state index is 11.3. The summed E-state index contributed by atoms with van der Waals surface area (Å²) in [6, 6.07) is 6.60. The molecule has 168 valence electrons. The van der Waals surface area contributed by atoms with Gasteiger partial charge in [-0.3, -0.25) is 0 Å². The Balaban J connectivity index is 0.00000841. The molecular weight excluding hydrogens is 403 g/mol. The summed E-state index contributed by atoms with van der Waals surface area (Å²) >= 11 is 0. The van der Waals surface area contributed by atoms with E-state index in [0.717, 1.165) is 12.8 Å². The molecule has 0 radical (unpaired) electrons. The van der Waals surface area contributed by atoms with E-state index in [1.165, 1.54) is 102 Å². The molecule has 0 N–H and O–H groups in total. The molecule has 0 unspecified atom stereocenters. The Morgan fingerprint density at radius 1 is 0.633 bits per heavy atom. The second kappa shape index (κ2) is 19.8. The third-order valence-electron chi connectivity index (χ3n) is 5.79. The second-order valence-corrected chi connectivity index (χ2v) is 9.82. The molecule has 0 aliphatic rings. The van der Waals surface area contributed by atoms with Crippen LogP contribution in [0, 0.1) is 0 Å². The Kier molecular flexibility index (Phi) is 19.9. The van der Waals surface area contributed by atoms with Gasteiger partial charge in [-0.1, -0.05) is 128 Å². The molecule has 1 rings (SSSR count). The maximum atomic E-state index is 11.3. The van der Waals surface area contributed by atoms with E-state index in [4.69, 9.17) is 0 Å². The molecule has 0 aromatic heterocycles. The van der Waals surface area contributed by atoms with E-state index in [9.17, 15) is 13.0 Å². The average Bonchev–Trinajstić information content (AvgIpc) is 2.70. The van der Waals surface area contributed by atoms with Crippen LogP contribution in [0.15, 0.2) is 29.2 Å². The smallest absolute Gasteiger partial charge is 0.744 e. The first-order valence-electron chi connectivity index (χ1n) is 12.1. The number of hydrogen-bond donors (Lipinski definition) is 0. The third-order valence-corrected chi connectivity index (χ3v) is 6.73. The predicted octanol–water partition coefficient (Wildman–Crippen LogP) is 4.79. The first-order chi connectivity index (χ1) is 14.1. The summed E-state index contributed by atoms with van der Waals surface area (Å²) in [6.45, 7) is 2.27. The molecule has 0 atom stereocenters. The molecule has 5 heteroatoms. The van der Waals surface area contributed by atoms with Gasteiger partial charge in [-0.2, -0.15) is 0 Å². The van der Waals surface area contributed by atoms with Crippen LogP contribution in [0.1, 0.15) is 122 Å². The van der Waals surface area contributed by atoms with Gasteiger partial charge < -0.3 is 4.55 Å². The topological polar surface area (TPSA) is 57.2 Å². The Hall–Kier alpha value is 0.130. The number of hydrogen-bond acceptors (Lipinski definition) is 3. The Morgan fingerprint density at radius 3 is 1.40 bits per heavy atom. The van der Waals surface area contributed by atoms with E-state index in [2.05, 4.69) is 6.92 Å². The second-order valence-electron chi connectivity index (χ2n) is 8.47. The SMILES string of the molecule is CCCCCCCCCCCCCCCCCCCc1ccccc1S(=O)(=O)[O-].[Na+]. The molecule has 0 saturated heterocycles. The van der Waals surface area contributed by atoms with Crippen molar-refractivity contribution in [1.82, 2.24) is 0 Å². The van der Waals surface area contributed by atoms with Crippen LogP contribution in [0.4, 0.5) is 0 Å².